The van der Waals surface area contributed by atoms with E-state index in [0.29, 0.717) is 5.56 Å². The van der Waals surface area contributed by atoms with E-state index in [0.717, 1.165) is 31.7 Å². The van der Waals surface area contributed by atoms with Gasteiger partial charge in [-0.05, 0) is 43.9 Å². The zero-order chi connectivity index (χ0) is 13.1. The predicted molar refractivity (Wildman–Crippen MR) is 69.1 cm³/mol. The van der Waals surface area contributed by atoms with Crippen LogP contribution in [-0.4, -0.2) is 18.0 Å². The van der Waals surface area contributed by atoms with Crippen molar-refractivity contribution in [1.29, 1.82) is 0 Å². The standard InChI is InChI=1S/C13H16ClFN2O/c14-11-6-1-8(7-12(11)15)13(18)17-10-4-2-9(16)3-5-10/h1,6-7,9-10H,2-5,16H2,(H,17,18). The third-order valence-corrected chi connectivity index (χ3v) is 3.60. The minimum atomic E-state index is -0.574. The third-order valence-electron chi connectivity index (χ3n) is 3.29. The molecule has 0 spiro atoms. The highest BCUT2D eigenvalue weighted by Crippen LogP contribution is 2.19. The van der Waals surface area contributed by atoms with Crippen molar-refractivity contribution in [2.45, 2.75) is 37.8 Å². The maximum Gasteiger partial charge on any atom is 0.251 e. The summed E-state index contributed by atoms with van der Waals surface area (Å²) in [6.07, 6.45) is 3.59. The fraction of sp³-hybridized carbons (Fsp3) is 0.462. The van der Waals surface area contributed by atoms with Crippen molar-refractivity contribution in [3.63, 3.8) is 0 Å². The smallest absolute Gasteiger partial charge is 0.251 e. The molecule has 0 bridgehead atoms. The van der Waals surface area contributed by atoms with Crippen LogP contribution in [0.1, 0.15) is 36.0 Å². The van der Waals surface area contributed by atoms with Crippen LogP contribution in [0.5, 0.6) is 0 Å². The molecule has 18 heavy (non-hydrogen) atoms. The Hall–Kier alpha value is -1.13. The van der Waals surface area contributed by atoms with E-state index in [1.165, 1.54) is 12.1 Å². The summed E-state index contributed by atoms with van der Waals surface area (Å²) in [7, 11) is 0. The fourth-order valence-electron chi connectivity index (χ4n) is 2.17. The van der Waals surface area contributed by atoms with E-state index in [9.17, 15) is 9.18 Å². The number of carbonyl (C=O) groups is 1. The van der Waals surface area contributed by atoms with Crippen LogP contribution in [0.3, 0.4) is 0 Å². The Labute approximate surface area is 111 Å². The van der Waals surface area contributed by atoms with Gasteiger partial charge in [-0.25, -0.2) is 4.39 Å². The molecule has 1 amide bonds. The van der Waals surface area contributed by atoms with E-state index < -0.39 is 5.82 Å². The summed E-state index contributed by atoms with van der Waals surface area (Å²) in [6, 6.07) is 4.45. The van der Waals surface area contributed by atoms with Crippen LogP contribution in [0, 0.1) is 5.82 Å². The third kappa shape index (κ3) is 3.21. The Bertz CT molecular complexity index is 445. The number of amides is 1. The number of carbonyl (C=O) groups excluding carboxylic acids is 1. The zero-order valence-corrected chi connectivity index (χ0v) is 10.7. The predicted octanol–water partition coefficient (Wildman–Crippen LogP) is 2.48. The van der Waals surface area contributed by atoms with Crippen LogP contribution in [-0.2, 0) is 0 Å². The van der Waals surface area contributed by atoms with E-state index in [1.54, 1.807) is 0 Å². The van der Waals surface area contributed by atoms with Gasteiger partial charge in [-0.3, -0.25) is 4.79 Å². The van der Waals surface area contributed by atoms with Gasteiger partial charge in [0.2, 0.25) is 0 Å². The average molecular weight is 271 g/mol. The number of benzene rings is 1. The number of hydrogen-bond acceptors (Lipinski definition) is 2. The van der Waals surface area contributed by atoms with Gasteiger partial charge in [0.15, 0.2) is 0 Å². The van der Waals surface area contributed by atoms with Gasteiger partial charge in [-0.2, -0.15) is 0 Å². The molecule has 98 valence electrons. The Morgan fingerprint density at radius 1 is 1.33 bits per heavy atom. The van der Waals surface area contributed by atoms with E-state index in [2.05, 4.69) is 5.32 Å². The molecule has 1 saturated carbocycles. The minimum Gasteiger partial charge on any atom is -0.349 e. The normalized spacial score (nSPS) is 23.7. The van der Waals surface area contributed by atoms with Crippen LogP contribution in [0.4, 0.5) is 4.39 Å². The molecule has 0 saturated heterocycles. The molecule has 0 unspecified atom stereocenters. The monoisotopic (exact) mass is 270 g/mol. The molecule has 3 N–H and O–H groups in total. The molecular weight excluding hydrogens is 255 g/mol. The van der Waals surface area contributed by atoms with Crippen molar-refractivity contribution in [3.05, 3.63) is 34.6 Å². The van der Waals surface area contributed by atoms with Gasteiger partial charge in [-0.1, -0.05) is 11.6 Å². The summed E-state index contributed by atoms with van der Waals surface area (Å²) in [5.74, 6) is -0.832. The van der Waals surface area contributed by atoms with Gasteiger partial charge in [0, 0.05) is 17.6 Å². The highest BCUT2D eigenvalue weighted by atomic mass is 35.5. The van der Waals surface area contributed by atoms with E-state index in [1.807, 2.05) is 0 Å². The second-order valence-corrected chi connectivity index (χ2v) is 5.12. The Kier molecular flexibility index (Phi) is 4.19. The first-order valence-electron chi connectivity index (χ1n) is 6.08. The lowest BCUT2D eigenvalue weighted by Gasteiger charge is -2.26. The molecule has 0 aromatic heterocycles. The van der Waals surface area contributed by atoms with Crippen molar-refractivity contribution < 1.29 is 9.18 Å². The van der Waals surface area contributed by atoms with E-state index in [-0.39, 0.29) is 23.0 Å². The number of rotatable bonds is 2. The molecule has 2 rings (SSSR count). The Balaban J connectivity index is 1.97. The maximum atomic E-state index is 13.2. The van der Waals surface area contributed by atoms with Gasteiger partial charge >= 0.3 is 0 Å². The summed E-state index contributed by atoms with van der Waals surface area (Å²) in [4.78, 5) is 11.9. The molecule has 0 heterocycles. The van der Waals surface area contributed by atoms with Crippen molar-refractivity contribution >= 4 is 17.5 Å². The van der Waals surface area contributed by atoms with Gasteiger partial charge in [0.1, 0.15) is 5.82 Å². The zero-order valence-electron chi connectivity index (χ0n) is 9.96. The quantitative estimate of drug-likeness (QED) is 0.867. The molecule has 3 nitrogen and oxygen atoms in total. The van der Waals surface area contributed by atoms with Crippen LogP contribution < -0.4 is 11.1 Å². The molecule has 1 aliphatic carbocycles. The van der Waals surface area contributed by atoms with Crippen molar-refractivity contribution in [2.75, 3.05) is 0 Å². The van der Waals surface area contributed by atoms with E-state index >= 15 is 0 Å². The molecular formula is C13H16ClFN2O. The van der Waals surface area contributed by atoms with Crippen molar-refractivity contribution in [1.82, 2.24) is 5.32 Å². The molecule has 1 aromatic carbocycles. The molecule has 5 heteroatoms. The molecule has 1 aliphatic rings. The van der Waals surface area contributed by atoms with Crippen molar-refractivity contribution in [3.8, 4) is 0 Å². The lowest BCUT2D eigenvalue weighted by Crippen LogP contribution is -2.40. The van der Waals surface area contributed by atoms with Crippen LogP contribution in [0.2, 0.25) is 5.02 Å². The lowest BCUT2D eigenvalue weighted by atomic mass is 9.91. The summed E-state index contributed by atoms with van der Waals surface area (Å²) in [5, 5.41) is 2.92. The topological polar surface area (TPSA) is 55.1 Å². The SMILES string of the molecule is NC1CCC(NC(=O)c2ccc(Cl)c(F)c2)CC1. The number of halogens is 2. The van der Waals surface area contributed by atoms with Crippen molar-refractivity contribution in [2.24, 2.45) is 5.73 Å². The Morgan fingerprint density at radius 2 is 2.00 bits per heavy atom. The molecule has 0 radical (unpaired) electrons. The first-order valence-corrected chi connectivity index (χ1v) is 6.45. The summed E-state index contributed by atoms with van der Waals surface area (Å²) in [5.41, 5.74) is 6.10. The maximum absolute atomic E-state index is 13.2. The van der Waals surface area contributed by atoms with E-state index in [4.69, 9.17) is 17.3 Å². The molecule has 1 fully saturated rings. The highest BCUT2D eigenvalue weighted by Gasteiger charge is 2.20. The van der Waals surface area contributed by atoms with Gasteiger partial charge in [0.05, 0.1) is 5.02 Å². The van der Waals surface area contributed by atoms with Gasteiger partial charge < -0.3 is 11.1 Å². The average Bonchev–Trinajstić information content (AvgIpc) is 2.35. The second-order valence-electron chi connectivity index (χ2n) is 4.71. The van der Waals surface area contributed by atoms with Crippen LogP contribution in [0.25, 0.3) is 0 Å². The largest absolute Gasteiger partial charge is 0.349 e. The Morgan fingerprint density at radius 3 is 2.61 bits per heavy atom. The first kappa shape index (κ1) is 13.3. The van der Waals surface area contributed by atoms with Gasteiger partial charge in [-0.15, -0.1) is 0 Å². The summed E-state index contributed by atoms with van der Waals surface area (Å²) in [6.45, 7) is 0. The highest BCUT2D eigenvalue weighted by molar-refractivity contribution is 6.30. The van der Waals surface area contributed by atoms with Crippen LogP contribution >= 0.6 is 11.6 Å². The summed E-state index contributed by atoms with van der Waals surface area (Å²) < 4.78 is 13.2. The number of nitrogens with two attached hydrogens (primary N) is 1. The fourth-order valence-corrected chi connectivity index (χ4v) is 2.29. The summed E-state index contributed by atoms with van der Waals surface area (Å²) >= 11 is 5.57. The van der Waals surface area contributed by atoms with Crippen LogP contribution in [0.15, 0.2) is 18.2 Å². The lowest BCUT2D eigenvalue weighted by molar-refractivity contribution is 0.0925. The molecule has 1 aromatic rings. The molecule has 0 aliphatic heterocycles. The minimum absolute atomic E-state index is 0.0233. The first-order chi connectivity index (χ1) is 8.56. The second kappa shape index (κ2) is 5.67. The van der Waals surface area contributed by atoms with Gasteiger partial charge in [0.25, 0.3) is 5.91 Å². The molecule has 0 atom stereocenters. The number of nitrogens with one attached hydrogen (secondary N) is 1. The number of hydrogen-bond donors (Lipinski definition) is 2.